The summed E-state index contributed by atoms with van der Waals surface area (Å²) in [4.78, 5) is 0. The average Bonchev–Trinajstić information content (AvgIpc) is 2.15. The van der Waals surface area contributed by atoms with E-state index in [1.165, 1.54) is 0 Å². The molecule has 0 unspecified atom stereocenters. The summed E-state index contributed by atoms with van der Waals surface area (Å²) in [7, 11) is 1.65. The quantitative estimate of drug-likeness (QED) is 0.754. The van der Waals surface area contributed by atoms with Crippen LogP contribution in [0.4, 0.5) is 0 Å². The predicted octanol–water partition coefficient (Wildman–Crippen LogP) is 3.71. The Kier molecular flexibility index (Phi) is 4.33. The maximum Gasteiger partial charge on any atom is 0.133 e. The van der Waals surface area contributed by atoms with Crippen LogP contribution in [0.5, 0.6) is 5.75 Å². The number of ether oxygens (including phenoxy) is 1. The number of rotatable bonds is 3. The van der Waals surface area contributed by atoms with Gasteiger partial charge in [-0.1, -0.05) is 18.2 Å². The average molecular weight is 262 g/mol. The predicted molar refractivity (Wildman–Crippen MR) is 60.4 cm³/mol. The third kappa shape index (κ3) is 3.05. The Morgan fingerprint density at radius 1 is 1.54 bits per heavy atom. The summed E-state index contributed by atoms with van der Waals surface area (Å²) < 4.78 is 6.06. The van der Waals surface area contributed by atoms with E-state index in [1.54, 1.807) is 7.11 Å². The monoisotopic (exact) mass is 260 g/mol. The SMILES string of the molecule is COc1ccc(C=CCCl)cc1Br. The normalized spacial score (nSPS) is 10.7. The van der Waals surface area contributed by atoms with E-state index >= 15 is 0 Å². The lowest BCUT2D eigenvalue weighted by molar-refractivity contribution is 0.412. The molecule has 0 aliphatic rings. The van der Waals surface area contributed by atoms with Crippen LogP contribution in [0.1, 0.15) is 5.56 Å². The molecule has 0 atom stereocenters. The summed E-state index contributed by atoms with van der Waals surface area (Å²) in [6.07, 6.45) is 3.87. The van der Waals surface area contributed by atoms with E-state index in [0.29, 0.717) is 5.88 Å². The fourth-order valence-corrected chi connectivity index (χ4v) is 1.61. The maximum absolute atomic E-state index is 5.53. The molecule has 13 heavy (non-hydrogen) atoms. The third-order valence-corrected chi connectivity index (χ3v) is 2.37. The third-order valence-electron chi connectivity index (χ3n) is 1.58. The van der Waals surface area contributed by atoms with Gasteiger partial charge in [0.15, 0.2) is 0 Å². The molecule has 0 N–H and O–H groups in total. The first-order valence-corrected chi connectivity index (χ1v) is 5.16. The van der Waals surface area contributed by atoms with Gasteiger partial charge in [-0.3, -0.25) is 0 Å². The summed E-state index contributed by atoms with van der Waals surface area (Å²) in [6, 6.07) is 5.88. The molecule has 0 spiro atoms. The number of alkyl halides is 1. The van der Waals surface area contributed by atoms with Crippen molar-refractivity contribution >= 4 is 33.6 Å². The number of methoxy groups -OCH3 is 1. The molecule has 1 aromatic rings. The number of benzene rings is 1. The first-order valence-electron chi connectivity index (χ1n) is 3.84. The molecule has 1 rings (SSSR count). The van der Waals surface area contributed by atoms with Gasteiger partial charge in [-0.05, 0) is 33.6 Å². The second-order valence-electron chi connectivity index (χ2n) is 2.45. The maximum atomic E-state index is 5.53. The first-order chi connectivity index (χ1) is 6.27. The molecule has 1 aromatic carbocycles. The van der Waals surface area contributed by atoms with Crippen LogP contribution < -0.4 is 4.74 Å². The van der Waals surface area contributed by atoms with Crippen molar-refractivity contribution < 1.29 is 4.74 Å². The van der Waals surface area contributed by atoms with Crippen LogP contribution in [0.3, 0.4) is 0 Å². The zero-order valence-corrected chi connectivity index (χ0v) is 9.60. The molecule has 0 aliphatic heterocycles. The molecular formula is C10H10BrClO. The van der Waals surface area contributed by atoms with Crippen molar-refractivity contribution in [3.8, 4) is 5.75 Å². The lowest BCUT2D eigenvalue weighted by atomic mass is 10.2. The van der Waals surface area contributed by atoms with Gasteiger partial charge in [0, 0.05) is 5.88 Å². The van der Waals surface area contributed by atoms with Crippen molar-refractivity contribution in [1.29, 1.82) is 0 Å². The Labute approximate surface area is 91.5 Å². The van der Waals surface area contributed by atoms with Crippen molar-refractivity contribution in [2.45, 2.75) is 0 Å². The van der Waals surface area contributed by atoms with Crippen molar-refractivity contribution in [3.05, 3.63) is 34.3 Å². The minimum Gasteiger partial charge on any atom is -0.496 e. The largest absolute Gasteiger partial charge is 0.496 e. The highest BCUT2D eigenvalue weighted by Crippen LogP contribution is 2.25. The molecule has 0 aliphatic carbocycles. The summed E-state index contributed by atoms with van der Waals surface area (Å²) >= 11 is 8.93. The molecule has 0 saturated carbocycles. The molecule has 1 nitrogen and oxygen atoms in total. The van der Waals surface area contributed by atoms with E-state index in [2.05, 4.69) is 15.9 Å². The zero-order chi connectivity index (χ0) is 9.68. The fourth-order valence-electron chi connectivity index (χ4n) is 0.967. The molecule has 0 fully saturated rings. The van der Waals surface area contributed by atoms with E-state index in [-0.39, 0.29) is 0 Å². The van der Waals surface area contributed by atoms with Gasteiger partial charge in [0.2, 0.25) is 0 Å². The Morgan fingerprint density at radius 2 is 2.31 bits per heavy atom. The Bertz CT molecular complexity index is 310. The van der Waals surface area contributed by atoms with Gasteiger partial charge in [-0.2, -0.15) is 0 Å². The summed E-state index contributed by atoms with van der Waals surface area (Å²) in [6.45, 7) is 0. The zero-order valence-electron chi connectivity index (χ0n) is 7.26. The minimum absolute atomic E-state index is 0.531. The number of hydrogen-bond donors (Lipinski definition) is 0. The van der Waals surface area contributed by atoms with Crippen LogP contribution in [-0.2, 0) is 0 Å². The number of hydrogen-bond acceptors (Lipinski definition) is 1. The molecule has 0 aromatic heterocycles. The fraction of sp³-hybridized carbons (Fsp3) is 0.200. The van der Waals surface area contributed by atoms with E-state index in [0.717, 1.165) is 15.8 Å². The van der Waals surface area contributed by atoms with Gasteiger partial charge in [0.05, 0.1) is 11.6 Å². The van der Waals surface area contributed by atoms with Crippen LogP contribution >= 0.6 is 27.5 Å². The van der Waals surface area contributed by atoms with Crippen molar-refractivity contribution in [3.63, 3.8) is 0 Å². The molecule has 0 radical (unpaired) electrons. The molecular weight excluding hydrogens is 251 g/mol. The molecule has 70 valence electrons. The van der Waals surface area contributed by atoms with E-state index < -0.39 is 0 Å². The van der Waals surface area contributed by atoms with E-state index in [1.807, 2.05) is 30.4 Å². The van der Waals surface area contributed by atoms with Gasteiger partial charge < -0.3 is 4.74 Å². The van der Waals surface area contributed by atoms with Gasteiger partial charge in [0.25, 0.3) is 0 Å². The van der Waals surface area contributed by atoms with Crippen molar-refractivity contribution in [1.82, 2.24) is 0 Å². The summed E-state index contributed by atoms with van der Waals surface area (Å²) in [5.41, 5.74) is 1.10. The number of halogens is 2. The van der Waals surface area contributed by atoms with Crippen LogP contribution in [0, 0.1) is 0 Å². The second-order valence-corrected chi connectivity index (χ2v) is 3.61. The molecule has 0 heterocycles. The molecule has 0 amide bonds. The minimum atomic E-state index is 0.531. The van der Waals surface area contributed by atoms with E-state index in [9.17, 15) is 0 Å². The summed E-state index contributed by atoms with van der Waals surface area (Å²) in [5.74, 6) is 1.37. The number of allylic oxidation sites excluding steroid dienone is 1. The van der Waals surface area contributed by atoms with Gasteiger partial charge in [-0.25, -0.2) is 0 Å². The van der Waals surface area contributed by atoms with Gasteiger partial charge in [0.1, 0.15) is 5.75 Å². The Morgan fingerprint density at radius 3 is 2.85 bits per heavy atom. The highest BCUT2D eigenvalue weighted by molar-refractivity contribution is 9.10. The summed E-state index contributed by atoms with van der Waals surface area (Å²) in [5, 5.41) is 0. The van der Waals surface area contributed by atoms with E-state index in [4.69, 9.17) is 16.3 Å². The van der Waals surface area contributed by atoms with Crippen molar-refractivity contribution in [2.24, 2.45) is 0 Å². The van der Waals surface area contributed by atoms with Crippen LogP contribution in [-0.4, -0.2) is 13.0 Å². The first kappa shape index (κ1) is 10.6. The highest BCUT2D eigenvalue weighted by atomic mass is 79.9. The standard InChI is InChI=1S/C10H10BrClO/c1-13-10-5-4-8(3-2-6-12)7-9(10)11/h2-5,7H,6H2,1H3. The van der Waals surface area contributed by atoms with Gasteiger partial charge in [-0.15, -0.1) is 11.6 Å². The van der Waals surface area contributed by atoms with Crippen molar-refractivity contribution in [2.75, 3.05) is 13.0 Å². The van der Waals surface area contributed by atoms with Crippen LogP contribution in [0.15, 0.2) is 28.7 Å². The topological polar surface area (TPSA) is 9.23 Å². The molecule has 0 bridgehead atoms. The van der Waals surface area contributed by atoms with Gasteiger partial charge >= 0.3 is 0 Å². The second kappa shape index (κ2) is 5.30. The Balaban J connectivity index is 2.89. The van der Waals surface area contributed by atoms with Crippen LogP contribution in [0.2, 0.25) is 0 Å². The Hall–Kier alpha value is -0.470. The smallest absolute Gasteiger partial charge is 0.133 e. The molecule has 0 saturated heterocycles. The highest BCUT2D eigenvalue weighted by Gasteiger charge is 1.98. The van der Waals surface area contributed by atoms with Crippen LogP contribution in [0.25, 0.3) is 6.08 Å². The lowest BCUT2D eigenvalue weighted by Crippen LogP contribution is -1.84. The molecule has 3 heteroatoms. The lowest BCUT2D eigenvalue weighted by Gasteiger charge is -2.02.